The van der Waals surface area contributed by atoms with E-state index in [1.54, 1.807) is 10.6 Å². The second-order valence-electron chi connectivity index (χ2n) is 4.25. The first-order valence-electron chi connectivity index (χ1n) is 5.75. The van der Waals surface area contributed by atoms with E-state index >= 15 is 0 Å². The van der Waals surface area contributed by atoms with Crippen LogP contribution in [-0.2, 0) is 6.54 Å². The zero-order chi connectivity index (χ0) is 12.1. The molecule has 0 spiro atoms. The molecule has 0 bridgehead atoms. The fourth-order valence-electron chi connectivity index (χ4n) is 1.73. The predicted octanol–water partition coefficient (Wildman–Crippen LogP) is 2.64. The Bertz CT molecular complexity index is 452. The van der Waals surface area contributed by atoms with Gasteiger partial charge in [0, 0.05) is 12.2 Å². The third-order valence-electron chi connectivity index (χ3n) is 2.66. The number of pyridine rings is 1. The summed E-state index contributed by atoms with van der Waals surface area (Å²) in [6.45, 7) is 6.92. The molecule has 0 atom stereocenters. The Morgan fingerprint density at radius 2 is 2.12 bits per heavy atom. The normalized spacial score (nSPS) is 10.4. The molecule has 0 saturated carbocycles. The molecule has 86 valence electrons. The molecular weight excluding hydrogens is 200 g/mol. The fraction of sp³-hybridized carbons (Fsp3) is 0.538. The minimum atomic E-state index is -0.151. The maximum absolute atomic E-state index is 12.0. The predicted molar refractivity (Wildman–Crippen MR) is 64.4 cm³/mol. The molecule has 0 aliphatic heterocycles. The van der Waals surface area contributed by atoms with Crippen LogP contribution in [0.5, 0.6) is 0 Å². The van der Waals surface area contributed by atoms with Crippen molar-refractivity contribution in [3.8, 4) is 6.07 Å². The number of rotatable bonds is 4. The van der Waals surface area contributed by atoms with Crippen LogP contribution in [0.1, 0.15) is 50.8 Å². The fourth-order valence-corrected chi connectivity index (χ4v) is 1.73. The van der Waals surface area contributed by atoms with Crippen molar-refractivity contribution in [2.24, 2.45) is 0 Å². The third kappa shape index (κ3) is 2.52. The summed E-state index contributed by atoms with van der Waals surface area (Å²) in [6.07, 6.45) is 2.01. The van der Waals surface area contributed by atoms with Gasteiger partial charge in [-0.25, -0.2) is 0 Å². The molecule has 0 aliphatic carbocycles. The first-order chi connectivity index (χ1) is 7.61. The second-order valence-corrected chi connectivity index (χ2v) is 4.25. The molecule has 0 aliphatic rings. The number of hydrogen-bond acceptors (Lipinski definition) is 2. The highest BCUT2D eigenvalue weighted by molar-refractivity contribution is 5.28. The van der Waals surface area contributed by atoms with Gasteiger partial charge in [0.05, 0.1) is 0 Å². The Balaban J connectivity index is 3.27. The van der Waals surface area contributed by atoms with Gasteiger partial charge in [-0.1, -0.05) is 27.2 Å². The molecule has 0 fully saturated rings. The molecule has 16 heavy (non-hydrogen) atoms. The quantitative estimate of drug-likeness (QED) is 0.779. The van der Waals surface area contributed by atoms with Gasteiger partial charge in [0.15, 0.2) is 0 Å². The average Bonchev–Trinajstić information content (AvgIpc) is 2.26. The molecule has 0 saturated heterocycles. The van der Waals surface area contributed by atoms with Gasteiger partial charge in [-0.2, -0.15) is 5.26 Å². The van der Waals surface area contributed by atoms with E-state index in [1.165, 1.54) is 0 Å². The van der Waals surface area contributed by atoms with Crippen LogP contribution in [0.25, 0.3) is 0 Å². The highest BCUT2D eigenvalue weighted by Gasteiger charge is 2.10. The Labute approximate surface area is 96.3 Å². The van der Waals surface area contributed by atoms with E-state index in [0.29, 0.717) is 12.5 Å². The molecular formula is C13H18N2O. The lowest BCUT2D eigenvalue weighted by molar-refractivity contribution is 0.569. The Hall–Kier alpha value is -1.56. The van der Waals surface area contributed by atoms with Gasteiger partial charge in [-0.3, -0.25) is 4.79 Å². The third-order valence-corrected chi connectivity index (χ3v) is 2.66. The molecule has 1 rings (SSSR count). The minimum absolute atomic E-state index is 0.151. The molecule has 0 radical (unpaired) electrons. The maximum Gasteiger partial charge on any atom is 0.268 e. The van der Waals surface area contributed by atoms with Gasteiger partial charge >= 0.3 is 0 Å². The van der Waals surface area contributed by atoms with E-state index in [-0.39, 0.29) is 11.1 Å². The summed E-state index contributed by atoms with van der Waals surface area (Å²) in [6, 6.07) is 5.46. The van der Waals surface area contributed by atoms with E-state index in [1.807, 2.05) is 12.1 Å². The van der Waals surface area contributed by atoms with Crippen LogP contribution in [0.15, 0.2) is 16.9 Å². The monoisotopic (exact) mass is 218 g/mol. The maximum atomic E-state index is 12.0. The van der Waals surface area contributed by atoms with Crippen LogP contribution in [0.4, 0.5) is 0 Å². The van der Waals surface area contributed by atoms with Crippen LogP contribution in [0.2, 0.25) is 0 Å². The van der Waals surface area contributed by atoms with Crippen molar-refractivity contribution in [2.45, 2.75) is 46.1 Å². The lowest BCUT2D eigenvalue weighted by atomic mass is 10.1. The number of aromatic nitrogens is 1. The molecule has 0 aromatic carbocycles. The van der Waals surface area contributed by atoms with Crippen LogP contribution in [0, 0.1) is 11.3 Å². The molecule has 1 aromatic rings. The van der Waals surface area contributed by atoms with Crippen LogP contribution >= 0.6 is 0 Å². The van der Waals surface area contributed by atoms with Crippen LogP contribution in [-0.4, -0.2) is 4.57 Å². The number of hydrogen-bond donors (Lipinski definition) is 0. The molecule has 0 N–H and O–H groups in total. The summed E-state index contributed by atoms with van der Waals surface area (Å²) >= 11 is 0. The zero-order valence-corrected chi connectivity index (χ0v) is 10.2. The summed E-state index contributed by atoms with van der Waals surface area (Å²) in [5, 5.41) is 8.83. The first-order valence-corrected chi connectivity index (χ1v) is 5.75. The molecule has 0 amide bonds. The van der Waals surface area contributed by atoms with Gasteiger partial charge in [0.1, 0.15) is 11.6 Å². The van der Waals surface area contributed by atoms with Gasteiger partial charge < -0.3 is 4.57 Å². The topological polar surface area (TPSA) is 45.8 Å². The average molecular weight is 218 g/mol. The number of unbranched alkanes of at least 4 members (excludes halogenated alkanes) is 1. The molecule has 3 nitrogen and oxygen atoms in total. The summed E-state index contributed by atoms with van der Waals surface area (Å²) in [7, 11) is 0. The highest BCUT2D eigenvalue weighted by atomic mass is 16.1. The van der Waals surface area contributed by atoms with E-state index in [4.69, 9.17) is 5.26 Å². The van der Waals surface area contributed by atoms with Gasteiger partial charge in [-0.15, -0.1) is 0 Å². The van der Waals surface area contributed by atoms with Crippen molar-refractivity contribution >= 4 is 0 Å². The van der Waals surface area contributed by atoms with E-state index in [2.05, 4.69) is 20.8 Å². The number of nitriles is 1. The van der Waals surface area contributed by atoms with Crippen LogP contribution in [0.3, 0.4) is 0 Å². The Kier molecular flexibility index (Phi) is 4.30. The van der Waals surface area contributed by atoms with Crippen LogP contribution < -0.4 is 5.56 Å². The highest BCUT2D eigenvalue weighted by Crippen LogP contribution is 2.13. The minimum Gasteiger partial charge on any atom is -0.311 e. The largest absolute Gasteiger partial charge is 0.311 e. The SMILES string of the molecule is CCCCn1c(C(C)C)ccc(C#N)c1=O. The lowest BCUT2D eigenvalue weighted by Crippen LogP contribution is -2.26. The van der Waals surface area contributed by atoms with E-state index in [0.717, 1.165) is 18.5 Å². The standard InChI is InChI=1S/C13H18N2O/c1-4-5-8-15-12(10(2)3)7-6-11(9-14)13(15)16/h6-7,10H,4-5,8H2,1-3H3. The van der Waals surface area contributed by atoms with Crippen molar-refractivity contribution in [3.05, 3.63) is 33.7 Å². The summed E-state index contributed by atoms with van der Waals surface area (Å²) in [5.41, 5.74) is 1.10. The molecule has 0 unspecified atom stereocenters. The van der Waals surface area contributed by atoms with Crippen molar-refractivity contribution in [2.75, 3.05) is 0 Å². The second kappa shape index (κ2) is 5.50. The van der Waals surface area contributed by atoms with E-state index in [9.17, 15) is 4.79 Å². The summed E-state index contributed by atoms with van der Waals surface area (Å²) in [5.74, 6) is 0.303. The van der Waals surface area contributed by atoms with Crippen molar-refractivity contribution in [3.63, 3.8) is 0 Å². The van der Waals surface area contributed by atoms with Crippen molar-refractivity contribution in [1.82, 2.24) is 4.57 Å². The van der Waals surface area contributed by atoms with E-state index < -0.39 is 0 Å². The number of nitrogens with zero attached hydrogens (tertiary/aromatic N) is 2. The van der Waals surface area contributed by atoms with Gasteiger partial charge in [0.25, 0.3) is 5.56 Å². The molecule has 3 heteroatoms. The lowest BCUT2D eigenvalue weighted by Gasteiger charge is -2.15. The zero-order valence-electron chi connectivity index (χ0n) is 10.2. The first kappa shape index (κ1) is 12.5. The Morgan fingerprint density at radius 1 is 1.44 bits per heavy atom. The van der Waals surface area contributed by atoms with Gasteiger partial charge in [0.2, 0.25) is 0 Å². The smallest absolute Gasteiger partial charge is 0.268 e. The summed E-state index contributed by atoms with van der Waals surface area (Å²) in [4.78, 5) is 12.0. The van der Waals surface area contributed by atoms with Crippen molar-refractivity contribution < 1.29 is 0 Å². The molecule has 1 aromatic heterocycles. The van der Waals surface area contributed by atoms with Gasteiger partial charge in [-0.05, 0) is 24.5 Å². The van der Waals surface area contributed by atoms with Crippen molar-refractivity contribution in [1.29, 1.82) is 5.26 Å². The molecule has 1 heterocycles. The Morgan fingerprint density at radius 3 is 2.62 bits per heavy atom. The summed E-state index contributed by atoms with van der Waals surface area (Å²) < 4.78 is 1.74.